The van der Waals surface area contributed by atoms with Gasteiger partial charge in [0.2, 0.25) is 0 Å². The van der Waals surface area contributed by atoms with Gasteiger partial charge in [-0.25, -0.2) is 0 Å². The molecule has 0 heterocycles. The van der Waals surface area contributed by atoms with Crippen LogP contribution in [0.15, 0.2) is 48.5 Å². The van der Waals surface area contributed by atoms with Crippen LogP contribution < -0.4 is 14.8 Å². The minimum atomic E-state index is -0.561. The van der Waals surface area contributed by atoms with E-state index in [9.17, 15) is 4.79 Å². The van der Waals surface area contributed by atoms with Crippen molar-refractivity contribution in [2.75, 3.05) is 6.61 Å². The van der Waals surface area contributed by atoms with Gasteiger partial charge in [-0.3, -0.25) is 4.79 Å². The number of para-hydroxylation sites is 1. The lowest BCUT2D eigenvalue weighted by atomic mass is 10.1. The summed E-state index contributed by atoms with van der Waals surface area (Å²) < 4.78 is 11.5. The summed E-state index contributed by atoms with van der Waals surface area (Å²) in [7, 11) is 0. The largest absolute Gasteiger partial charge is 0.491 e. The van der Waals surface area contributed by atoms with E-state index in [0.717, 1.165) is 23.5 Å². The molecule has 2 aromatic rings. The van der Waals surface area contributed by atoms with Crippen LogP contribution in [0.1, 0.15) is 31.9 Å². The summed E-state index contributed by atoms with van der Waals surface area (Å²) in [6, 6.07) is 15.5. The van der Waals surface area contributed by atoms with Crippen molar-refractivity contribution in [3.63, 3.8) is 0 Å². The minimum absolute atomic E-state index is 0.110. The van der Waals surface area contributed by atoms with E-state index in [0.29, 0.717) is 6.61 Å². The van der Waals surface area contributed by atoms with Gasteiger partial charge in [0, 0.05) is 0 Å². The Kier molecular flexibility index (Phi) is 6.87. The second kappa shape index (κ2) is 9.11. The second-order valence-corrected chi connectivity index (χ2v) is 6.26. The number of nitrogens with one attached hydrogen (secondary N) is 1. The maximum Gasteiger partial charge on any atom is 0.261 e. The fourth-order valence-electron chi connectivity index (χ4n) is 2.41. The lowest BCUT2D eigenvalue weighted by molar-refractivity contribution is -0.128. The Hall–Kier alpha value is -2.49. The normalized spacial score (nSPS) is 13.0. The van der Waals surface area contributed by atoms with Crippen LogP contribution in [0.2, 0.25) is 0 Å². The fourth-order valence-corrected chi connectivity index (χ4v) is 2.41. The zero-order chi connectivity index (χ0) is 18.2. The van der Waals surface area contributed by atoms with Gasteiger partial charge >= 0.3 is 0 Å². The summed E-state index contributed by atoms with van der Waals surface area (Å²) in [5, 5.41) is 2.93. The SMILES string of the molecule is CCc1ccccc1O[C@@H](C)C(=O)N[C@@H](C)COc1ccc(C)cc1. The average molecular weight is 341 g/mol. The lowest BCUT2D eigenvalue weighted by Gasteiger charge is -2.20. The van der Waals surface area contributed by atoms with Crippen molar-refractivity contribution in [2.24, 2.45) is 0 Å². The van der Waals surface area contributed by atoms with Crippen molar-refractivity contribution in [2.45, 2.75) is 46.3 Å². The highest BCUT2D eigenvalue weighted by Crippen LogP contribution is 2.19. The number of rotatable bonds is 8. The van der Waals surface area contributed by atoms with Crippen LogP contribution >= 0.6 is 0 Å². The Labute approximate surface area is 150 Å². The van der Waals surface area contributed by atoms with Crippen molar-refractivity contribution in [3.05, 3.63) is 59.7 Å². The van der Waals surface area contributed by atoms with E-state index < -0.39 is 6.10 Å². The topological polar surface area (TPSA) is 47.6 Å². The minimum Gasteiger partial charge on any atom is -0.491 e. The average Bonchev–Trinajstić information content (AvgIpc) is 2.61. The molecule has 0 aliphatic rings. The van der Waals surface area contributed by atoms with Gasteiger partial charge in [0.15, 0.2) is 6.10 Å². The number of hydrogen-bond acceptors (Lipinski definition) is 3. The van der Waals surface area contributed by atoms with Crippen LogP contribution in [0, 0.1) is 6.92 Å². The third-order valence-electron chi connectivity index (χ3n) is 3.94. The van der Waals surface area contributed by atoms with Crippen molar-refractivity contribution in [1.29, 1.82) is 0 Å². The molecule has 0 aliphatic carbocycles. The van der Waals surface area contributed by atoms with Crippen LogP contribution in [-0.4, -0.2) is 24.7 Å². The number of hydrogen-bond donors (Lipinski definition) is 1. The fraction of sp³-hybridized carbons (Fsp3) is 0.381. The molecule has 0 saturated carbocycles. The number of aryl methyl sites for hydroxylation is 2. The first kappa shape index (κ1) is 18.8. The highest BCUT2D eigenvalue weighted by Gasteiger charge is 2.18. The molecule has 0 unspecified atom stereocenters. The highest BCUT2D eigenvalue weighted by molar-refractivity contribution is 5.81. The van der Waals surface area contributed by atoms with Gasteiger partial charge in [0.05, 0.1) is 6.04 Å². The van der Waals surface area contributed by atoms with Crippen molar-refractivity contribution >= 4 is 5.91 Å². The van der Waals surface area contributed by atoms with Gasteiger partial charge in [-0.1, -0.05) is 42.8 Å². The first-order chi connectivity index (χ1) is 12.0. The highest BCUT2D eigenvalue weighted by atomic mass is 16.5. The Morgan fingerprint density at radius 1 is 1.08 bits per heavy atom. The quantitative estimate of drug-likeness (QED) is 0.792. The Morgan fingerprint density at radius 2 is 1.76 bits per heavy atom. The van der Waals surface area contributed by atoms with E-state index in [-0.39, 0.29) is 11.9 Å². The molecule has 134 valence electrons. The number of carbonyl (C=O) groups is 1. The molecule has 0 spiro atoms. The van der Waals surface area contributed by atoms with Gasteiger partial charge in [-0.2, -0.15) is 0 Å². The standard InChI is InChI=1S/C21H27NO3/c1-5-18-8-6-7-9-20(18)25-17(4)21(23)22-16(3)14-24-19-12-10-15(2)11-13-19/h6-13,16-17H,5,14H2,1-4H3,(H,22,23)/t16-,17-/m0/s1. The monoisotopic (exact) mass is 341 g/mol. The Bertz CT molecular complexity index is 682. The summed E-state index contributed by atoms with van der Waals surface area (Å²) in [5.41, 5.74) is 2.28. The zero-order valence-corrected chi connectivity index (χ0v) is 15.4. The van der Waals surface area contributed by atoms with Gasteiger partial charge < -0.3 is 14.8 Å². The van der Waals surface area contributed by atoms with Gasteiger partial charge in [-0.05, 0) is 51.0 Å². The second-order valence-electron chi connectivity index (χ2n) is 6.26. The molecule has 25 heavy (non-hydrogen) atoms. The third kappa shape index (κ3) is 5.82. The maximum absolute atomic E-state index is 12.3. The van der Waals surface area contributed by atoms with Crippen LogP contribution in [0.25, 0.3) is 0 Å². The van der Waals surface area contributed by atoms with E-state index >= 15 is 0 Å². The summed E-state index contributed by atoms with van der Waals surface area (Å²) in [6.07, 6.45) is 0.306. The molecule has 0 radical (unpaired) electrons. The van der Waals surface area contributed by atoms with E-state index in [1.54, 1.807) is 6.92 Å². The summed E-state index contributed by atoms with van der Waals surface area (Å²) in [6.45, 7) is 8.18. The molecule has 2 atom stereocenters. The molecule has 1 amide bonds. The molecule has 1 N–H and O–H groups in total. The molecule has 2 rings (SSSR count). The van der Waals surface area contributed by atoms with Gasteiger partial charge in [-0.15, -0.1) is 0 Å². The lowest BCUT2D eigenvalue weighted by Crippen LogP contribution is -2.43. The maximum atomic E-state index is 12.3. The third-order valence-corrected chi connectivity index (χ3v) is 3.94. The number of carbonyl (C=O) groups excluding carboxylic acids is 1. The first-order valence-electron chi connectivity index (χ1n) is 8.74. The molecule has 2 aromatic carbocycles. The summed E-state index contributed by atoms with van der Waals surface area (Å²) in [4.78, 5) is 12.3. The van der Waals surface area contributed by atoms with E-state index in [4.69, 9.17) is 9.47 Å². The first-order valence-corrected chi connectivity index (χ1v) is 8.74. The number of ether oxygens (including phenoxy) is 2. The van der Waals surface area contributed by atoms with Crippen molar-refractivity contribution in [1.82, 2.24) is 5.32 Å². The van der Waals surface area contributed by atoms with Crippen molar-refractivity contribution in [3.8, 4) is 11.5 Å². The number of amides is 1. The molecule has 4 heteroatoms. The Balaban J connectivity index is 1.82. The van der Waals surface area contributed by atoms with Crippen LogP contribution in [-0.2, 0) is 11.2 Å². The van der Waals surface area contributed by atoms with E-state index in [1.165, 1.54) is 5.56 Å². The van der Waals surface area contributed by atoms with Gasteiger partial charge in [0.1, 0.15) is 18.1 Å². The van der Waals surface area contributed by atoms with Crippen LogP contribution in [0.4, 0.5) is 0 Å². The molecule has 4 nitrogen and oxygen atoms in total. The van der Waals surface area contributed by atoms with E-state index in [1.807, 2.05) is 62.4 Å². The summed E-state index contributed by atoms with van der Waals surface area (Å²) >= 11 is 0. The molecule has 0 aromatic heterocycles. The Morgan fingerprint density at radius 3 is 2.44 bits per heavy atom. The van der Waals surface area contributed by atoms with Crippen molar-refractivity contribution < 1.29 is 14.3 Å². The number of benzene rings is 2. The van der Waals surface area contributed by atoms with Gasteiger partial charge in [0.25, 0.3) is 5.91 Å². The predicted octanol–water partition coefficient (Wildman–Crippen LogP) is 3.91. The molecular formula is C21H27NO3. The molecule has 0 saturated heterocycles. The van der Waals surface area contributed by atoms with Crippen LogP contribution in [0.5, 0.6) is 11.5 Å². The smallest absolute Gasteiger partial charge is 0.261 e. The molecule has 0 aliphatic heterocycles. The summed E-state index contributed by atoms with van der Waals surface area (Å²) in [5.74, 6) is 1.41. The van der Waals surface area contributed by atoms with Crippen LogP contribution in [0.3, 0.4) is 0 Å². The molecular weight excluding hydrogens is 314 g/mol. The molecule has 0 fully saturated rings. The zero-order valence-electron chi connectivity index (χ0n) is 15.4. The predicted molar refractivity (Wildman–Crippen MR) is 100 cm³/mol. The van der Waals surface area contributed by atoms with E-state index in [2.05, 4.69) is 12.2 Å². The molecule has 0 bridgehead atoms.